The summed E-state index contributed by atoms with van der Waals surface area (Å²) >= 11 is 0. The summed E-state index contributed by atoms with van der Waals surface area (Å²) in [5, 5.41) is 2.73. The van der Waals surface area contributed by atoms with E-state index >= 15 is 0 Å². The standard InChI is InChI=1S/C14H26O2Si2/c1-15-11-9-12(17(3,4)5)14(16-2)13(10-11)18(6,7)8/h9-10H,1-8H3. The fraction of sp³-hybridized carbons (Fsp3) is 0.571. The van der Waals surface area contributed by atoms with E-state index in [4.69, 9.17) is 9.47 Å². The van der Waals surface area contributed by atoms with Crippen LogP contribution in [0.1, 0.15) is 0 Å². The molecule has 2 nitrogen and oxygen atoms in total. The second-order valence-electron chi connectivity index (χ2n) is 6.76. The lowest BCUT2D eigenvalue weighted by molar-refractivity contribution is 0.408. The zero-order chi connectivity index (χ0) is 14.1. The van der Waals surface area contributed by atoms with Gasteiger partial charge >= 0.3 is 0 Å². The van der Waals surface area contributed by atoms with Crippen molar-refractivity contribution < 1.29 is 9.47 Å². The minimum Gasteiger partial charge on any atom is -0.497 e. The van der Waals surface area contributed by atoms with Crippen LogP contribution in [0, 0.1) is 0 Å². The molecule has 4 heteroatoms. The molecule has 18 heavy (non-hydrogen) atoms. The minimum atomic E-state index is -1.44. The number of benzene rings is 1. The van der Waals surface area contributed by atoms with Gasteiger partial charge in [0.2, 0.25) is 0 Å². The Morgan fingerprint density at radius 1 is 0.722 bits per heavy atom. The summed E-state index contributed by atoms with van der Waals surface area (Å²) in [5.41, 5.74) is 0. The molecule has 0 spiro atoms. The second-order valence-corrected chi connectivity index (χ2v) is 16.8. The van der Waals surface area contributed by atoms with Gasteiger partial charge in [0.15, 0.2) is 0 Å². The molecule has 0 aliphatic rings. The number of rotatable bonds is 4. The van der Waals surface area contributed by atoms with Crippen molar-refractivity contribution in [3.63, 3.8) is 0 Å². The monoisotopic (exact) mass is 282 g/mol. The Hall–Kier alpha value is -0.746. The molecule has 0 aliphatic heterocycles. The van der Waals surface area contributed by atoms with Gasteiger partial charge in [0.05, 0.1) is 30.4 Å². The highest BCUT2D eigenvalue weighted by Gasteiger charge is 2.29. The van der Waals surface area contributed by atoms with Crippen molar-refractivity contribution in [1.82, 2.24) is 0 Å². The lowest BCUT2D eigenvalue weighted by atomic mass is 10.3. The quantitative estimate of drug-likeness (QED) is 0.791. The molecular formula is C14H26O2Si2. The van der Waals surface area contributed by atoms with Gasteiger partial charge in [-0.2, -0.15) is 0 Å². The molecule has 0 amide bonds. The first kappa shape index (κ1) is 15.3. The highest BCUT2D eigenvalue weighted by atomic mass is 28.3. The van der Waals surface area contributed by atoms with Crippen LogP contribution in [-0.2, 0) is 0 Å². The fourth-order valence-electron chi connectivity index (χ4n) is 2.05. The van der Waals surface area contributed by atoms with Crippen LogP contribution in [0.3, 0.4) is 0 Å². The Morgan fingerprint density at radius 2 is 1.11 bits per heavy atom. The zero-order valence-electron chi connectivity index (χ0n) is 13.0. The first-order valence-corrected chi connectivity index (χ1v) is 13.4. The molecular weight excluding hydrogens is 256 g/mol. The summed E-state index contributed by atoms with van der Waals surface area (Å²) in [6.07, 6.45) is 0. The Bertz CT molecular complexity index is 393. The first-order valence-electron chi connectivity index (χ1n) is 6.38. The second kappa shape index (κ2) is 5.09. The van der Waals surface area contributed by atoms with Crippen LogP contribution < -0.4 is 19.8 Å². The van der Waals surface area contributed by atoms with Crippen LogP contribution in [0.4, 0.5) is 0 Å². The van der Waals surface area contributed by atoms with Crippen molar-refractivity contribution >= 4 is 26.5 Å². The number of methoxy groups -OCH3 is 2. The van der Waals surface area contributed by atoms with Crippen LogP contribution in [0.2, 0.25) is 39.3 Å². The molecule has 0 saturated carbocycles. The van der Waals surface area contributed by atoms with Gasteiger partial charge in [-0.1, -0.05) is 39.3 Å². The molecule has 0 bridgehead atoms. The lowest BCUT2D eigenvalue weighted by Gasteiger charge is -2.27. The van der Waals surface area contributed by atoms with E-state index < -0.39 is 16.1 Å². The van der Waals surface area contributed by atoms with E-state index in [9.17, 15) is 0 Å². The van der Waals surface area contributed by atoms with Gasteiger partial charge in [0.25, 0.3) is 0 Å². The van der Waals surface area contributed by atoms with E-state index in [1.54, 1.807) is 14.2 Å². The summed E-state index contributed by atoms with van der Waals surface area (Å²) in [6.45, 7) is 14.1. The molecule has 0 aliphatic carbocycles. The zero-order valence-corrected chi connectivity index (χ0v) is 15.0. The molecule has 0 unspecified atom stereocenters. The maximum atomic E-state index is 5.74. The number of hydrogen-bond donors (Lipinski definition) is 0. The summed E-state index contributed by atoms with van der Waals surface area (Å²) in [4.78, 5) is 0. The summed E-state index contributed by atoms with van der Waals surface area (Å²) in [6, 6.07) is 4.32. The van der Waals surface area contributed by atoms with Crippen LogP contribution in [0.15, 0.2) is 12.1 Å². The van der Waals surface area contributed by atoms with Gasteiger partial charge in [0, 0.05) is 0 Å². The van der Waals surface area contributed by atoms with Crippen molar-refractivity contribution in [1.29, 1.82) is 0 Å². The maximum Gasteiger partial charge on any atom is 0.118 e. The van der Waals surface area contributed by atoms with E-state index in [0.29, 0.717) is 0 Å². The summed E-state index contributed by atoms with van der Waals surface area (Å²) in [7, 11) is 0.648. The Labute approximate surface area is 113 Å². The van der Waals surface area contributed by atoms with Crippen molar-refractivity contribution in [2.75, 3.05) is 14.2 Å². The molecule has 102 valence electrons. The van der Waals surface area contributed by atoms with E-state index in [1.165, 1.54) is 10.4 Å². The Morgan fingerprint density at radius 3 is 1.33 bits per heavy atom. The van der Waals surface area contributed by atoms with Crippen LogP contribution in [0.25, 0.3) is 0 Å². The normalized spacial score (nSPS) is 12.4. The van der Waals surface area contributed by atoms with Crippen molar-refractivity contribution in [2.45, 2.75) is 39.3 Å². The van der Waals surface area contributed by atoms with Gasteiger partial charge in [-0.3, -0.25) is 0 Å². The van der Waals surface area contributed by atoms with Gasteiger partial charge in [-0.05, 0) is 22.5 Å². The molecule has 1 aromatic carbocycles. The Balaban J connectivity index is 3.61. The van der Waals surface area contributed by atoms with Gasteiger partial charge in [-0.25, -0.2) is 0 Å². The fourth-order valence-corrected chi connectivity index (χ4v) is 5.17. The van der Waals surface area contributed by atoms with E-state index in [-0.39, 0.29) is 0 Å². The Kier molecular flexibility index (Phi) is 4.33. The molecule has 0 atom stereocenters. The predicted molar refractivity (Wildman–Crippen MR) is 85.5 cm³/mol. The topological polar surface area (TPSA) is 18.5 Å². The van der Waals surface area contributed by atoms with E-state index in [0.717, 1.165) is 11.5 Å². The lowest BCUT2D eigenvalue weighted by Crippen LogP contribution is -2.46. The van der Waals surface area contributed by atoms with E-state index in [1.807, 2.05) is 0 Å². The largest absolute Gasteiger partial charge is 0.497 e. The molecule has 0 aromatic heterocycles. The van der Waals surface area contributed by atoms with Crippen molar-refractivity contribution in [2.24, 2.45) is 0 Å². The van der Waals surface area contributed by atoms with Crippen LogP contribution in [0.5, 0.6) is 11.5 Å². The van der Waals surface area contributed by atoms with Gasteiger partial charge < -0.3 is 9.47 Å². The maximum absolute atomic E-state index is 5.74. The molecule has 0 radical (unpaired) electrons. The third-order valence-electron chi connectivity index (χ3n) is 3.12. The number of ether oxygens (including phenoxy) is 2. The molecule has 1 rings (SSSR count). The molecule has 0 fully saturated rings. The minimum absolute atomic E-state index is 0.964. The highest BCUT2D eigenvalue weighted by Crippen LogP contribution is 2.21. The first-order chi connectivity index (χ1) is 8.11. The third-order valence-corrected chi connectivity index (χ3v) is 7.09. The van der Waals surface area contributed by atoms with Crippen molar-refractivity contribution in [3.8, 4) is 11.5 Å². The van der Waals surface area contributed by atoms with Gasteiger partial charge in [-0.15, -0.1) is 0 Å². The van der Waals surface area contributed by atoms with E-state index in [2.05, 4.69) is 51.4 Å². The van der Waals surface area contributed by atoms with Gasteiger partial charge in [0.1, 0.15) is 11.5 Å². The smallest absolute Gasteiger partial charge is 0.118 e. The predicted octanol–water partition coefficient (Wildman–Crippen LogP) is 2.79. The molecule has 0 heterocycles. The van der Waals surface area contributed by atoms with Crippen LogP contribution in [-0.4, -0.2) is 30.4 Å². The third kappa shape index (κ3) is 3.17. The molecule has 1 aromatic rings. The summed E-state index contributed by atoms with van der Waals surface area (Å²) in [5.74, 6) is 2.07. The average molecular weight is 283 g/mol. The SMILES string of the molecule is COc1cc([Si](C)(C)C)c(OC)c([Si](C)(C)C)c1. The molecule has 0 saturated heterocycles. The molecule has 0 N–H and O–H groups in total. The summed E-state index contributed by atoms with van der Waals surface area (Å²) < 4.78 is 11.2. The number of hydrogen-bond acceptors (Lipinski definition) is 2. The highest BCUT2D eigenvalue weighted by molar-refractivity contribution is 6.92. The average Bonchev–Trinajstić information content (AvgIpc) is 2.24. The van der Waals surface area contributed by atoms with Crippen molar-refractivity contribution in [3.05, 3.63) is 12.1 Å². The van der Waals surface area contributed by atoms with Crippen LogP contribution >= 0.6 is 0 Å².